The maximum Gasteiger partial charge on any atom is 0.0667 e. The van der Waals surface area contributed by atoms with Crippen LogP contribution in [-0.4, -0.2) is 23.3 Å². The molecule has 2 nitrogen and oxygen atoms in total. The second kappa shape index (κ2) is 6.41. The number of rotatable bonds is 6. The van der Waals surface area contributed by atoms with Gasteiger partial charge in [0.25, 0.3) is 0 Å². The molecule has 0 aliphatic rings. The molecule has 0 fully saturated rings. The Kier molecular flexibility index (Phi) is 6.38. The first kappa shape index (κ1) is 13.9. The zero-order valence-corrected chi connectivity index (χ0v) is 10.4. The van der Waals surface area contributed by atoms with E-state index in [2.05, 4.69) is 39.9 Å². The highest BCUT2D eigenvalue weighted by atomic mass is 16.3. The van der Waals surface area contributed by atoms with Gasteiger partial charge in [0.1, 0.15) is 0 Å². The molecule has 2 heteroatoms. The van der Waals surface area contributed by atoms with Crippen LogP contribution in [0.4, 0.5) is 0 Å². The Morgan fingerprint density at radius 1 is 1.29 bits per heavy atom. The van der Waals surface area contributed by atoms with Crippen LogP contribution in [0.2, 0.25) is 0 Å². The molecular weight excluding hydrogens is 174 g/mol. The van der Waals surface area contributed by atoms with Crippen molar-refractivity contribution in [3.8, 4) is 0 Å². The van der Waals surface area contributed by atoms with E-state index in [-0.39, 0.29) is 11.6 Å². The number of aliphatic hydroxyl groups excluding tert-OH is 1. The summed E-state index contributed by atoms with van der Waals surface area (Å²) in [7, 11) is 0. The fourth-order valence-electron chi connectivity index (χ4n) is 1.58. The van der Waals surface area contributed by atoms with Gasteiger partial charge in [-0.25, -0.2) is 0 Å². The van der Waals surface area contributed by atoms with Gasteiger partial charge in [0, 0.05) is 12.1 Å². The van der Waals surface area contributed by atoms with E-state index in [1.165, 1.54) is 12.8 Å². The largest absolute Gasteiger partial charge is 0.392 e. The third-order valence-corrected chi connectivity index (χ3v) is 2.32. The lowest BCUT2D eigenvalue weighted by Gasteiger charge is -2.24. The lowest BCUT2D eigenvalue weighted by atomic mass is 9.98. The second-order valence-corrected chi connectivity index (χ2v) is 5.41. The third-order valence-electron chi connectivity index (χ3n) is 2.32. The summed E-state index contributed by atoms with van der Waals surface area (Å²) >= 11 is 0. The molecule has 0 saturated heterocycles. The van der Waals surface area contributed by atoms with E-state index in [1.54, 1.807) is 0 Å². The van der Waals surface area contributed by atoms with E-state index in [0.29, 0.717) is 12.5 Å². The molecule has 0 aromatic carbocycles. The predicted octanol–water partition coefficient (Wildman–Crippen LogP) is 2.56. The van der Waals surface area contributed by atoms with Crippen molar-refractivity contribution in [3.63, 3.8) is 0 Å². The van der Waals surface area contributed by atoms with Crippen molar-refractivity contribution in [3.05, 3.63) is 0 Å². The number of hydrogen-bond acceptors (Lipinski definition) is 2. The van der Waals surface area contributed by atoms with Crippen LogP contribution in [0.1, 0.15) is 53.9 Å². The van der Waals surface area contributed by atoms with Gasteiger partial charge >= 0.3 is 0 Å². The molecule has 0 bridgehead atoms. The van der Waals surface area contributed by atoms with Gasteiger partial charge in [-0.2, -0.15) is 0 Å². The topological polar surface area (TPSA) is 32.3 Å². The predicted molar refractivity (Wildman–Crippen MR) is 62.5 cm³/mol. The smallest absolute Gasteiger partial charge is 0.0667 e. The third kappa shape index (κ3) is 8.52. The van der Waals surface area contributed by atoms with Gasteiger partial charge in [0.05, 0.1) is 6.10 Å². The summed E-state index contributed by atoms with van der Waals surface area (Å²) in [5.41, 5.74) is 0.106. The molecule has 0 heterocycles. The summed E-state index contributed by atoms with van der Waals surface area (Å²) in [4.78, 5) is 0. The van der Waals surface area contributed by atoms with Gasteiger partial charge in [0.15, 0.2) is 0 Å². The van der Waals surface area contributed by atoms with Crippen molar-refractivity contribution < 1.29 is 5.11 Å². The van der Waals surface area contributed by atoms with Crippen molar-refractivity contribution in [1.82, 2.24) is 5.32 Å². The number of nitrogens with one attached hydrogen (secondary N) is 1. The average Bonchev–Trinajstić information content (AvgIpc) is 2.00. The van der Waals surface area contributed by atoms with E-state index in [4.69, 9.17) is 0 Å². The Bertz CT molecular complexity index is 140. The van der Waals surface area contributed by atoms with Crippen molar-refractivity contribution in [1.29, 1.82) is 0 Å². The lowest BCUT2D eigenvalue weighted by molar-refractivity contribution is 0.132. The van der Waals surface area contributed by atoms with Gasteiger partial charge in [-0.15, -0.1) is 0 Å². The summed E-state index contributed by atoms with van der Waals surface area (Å²) in [6, 6.07) is 0. The molecule has 0 aliphatic carbocycles. The summed E-state index contributed by atoms with van der Waals surface area (Å²) < 4.78 is 0. The van der Waals surface area contributed by atoms with Crippen LogP contribution in [0.5, 0.6) is 0 Å². The highest BCUT2D eigenvalue weighted by Crippen LogP contribution is 2.12. The second-order valence-electron chi connectivity index (χ2n) is 5.41. The minimum Gasteiger partial charge on any atom is -0.392 e. The highest BCUT2D eigenvalue weighted by molar-refractivity contribution is 4.73. The SMILES string of the molecule is CCCC(C)CC(O)CNC(C)(C)C. The molecule has 0 saturated carbocycles. The summed E-state index contributed by atoms with van der Waals surface area (Å²) in [5.74, 6) is 0.636. The molecule has 0 spiro atoms. The van der Waals surface area contributed by atoms with Gasteiger partial charge in [-0.05, 0) is 33.1 Å². The zero-order chi connectivity index (χ0) is 11.2. The highest BCUT2D eigenvalue weighted by Gasteiger charge is 2.14. The van der Waals surface area contributed by atoms with Gasteiger partial charge in [-0.3, -0.25) is 0 Å². The molecule has 86 valence electrons. The molecule has 2 unspecified atom stereocenters. The molecule has 2 atom stereocenters. The molecule has 0 amide bonds. The van der Waals surface area contributed by atoms with Crippen molar-refractivity contribution in [2.75, 3.05) is 6.54 Å². The molecule has 0 aromatic rings. The number of hydrogen-bond donors (Lipinski definition) is 2. The summed E-state index contributed by atoms with van der Waals surface area (Å²) in [6.07, 6.45) is 3.14. The zero-order valence-electron chi connectivity index (χ0n) is 10.4. The molecule has 2 N–H and O–H groups in total. The normalized spacial score (nSPS) is 16.7. The maximum atomic E-state index is 9.75. The first-order valence-electron chi connectivity index (χ1n) is 5.78. The Morgan fingerprint density at radius 3 is 2.29 bits per heavy atom. The van der Waals surface area contributed by atoms with Crippen LogP contribution in [0, 0.1) is 5.92 Å². The average molecular weight is 201 g/mol. The quantitative estimate of drug-likeness (QED) is 0.692. The lowest BCUT2D eigenvalue weighted by Crippen LogP contribution is -2.41. The number of aliphatic hydroxyl groups is 1. The fourth-order valence-corrected chi connectivity index (χ4v) is 1.58. The molecule has 0 aliphatic heterocycles. The van der Waals surface area contributed by atoms with E-state index >= 15 is 0 Å². The van der Waals surface area contributed by atoms with Gasteiger partial charge in [-0.1, -0.05) is 26.7 Å². The minimum atomic E-state index is -0.198. The fraction of sp³-hybridized carbons (Fsp3) is 1.00. The molecule has 0 radical (unpaired) electrons. The van der Waals surface area contributed by atoms with Crippen LogP contribution in [-0.2, 0) is 0 Å². The summed E-state index contributed by atoms with van der Waals surface area (Å²) in [6.45, 7) is 11.5. The number of β-amino-alcohol motifs (C(OH)–C–C–N with tert-alkyl or cyclic N) is 1. The van der Waals surface area contributed by atoms with Gasteiger partial charge < -0.3 is 10.4 Å². The van der Waals surface area contributed by atoms with Crippen LogP contribution in [0.25, 0.3) is 0 Å². The summed E-state index contributed by atoms with van der Waals surface area (Å²) in [5, 5.41) is 13.1. The first-order valence-corrected chi connectivity index (χ1v) is 5.78. The van der Waals surface area contributed by atoms with E-state index in [1.807, 2.05) is 0 Å². The molecule has 0 aromatic heterocycles. The van der Waals surface area contributed by atoms with Crippen molar-refractivity contribution in [2.45, 2.75) is 65.5 Å². The first-order chi connectivity index (χ1) is 6.35. The maximum absolute atomic E-state index is 9.75. The molecular formula is C12H27NO. The Labute approximate surface area is 89.1 Å². The van der Waals surface area contributed by atoms with Crippen LogP contribution < -0.4 is 5.32 Å². The van der Waals surface area contributed by atoms with E-state index < -0.39 is 0 Å². The van der Waals surface area contributed by atoms with Crippen LogP contribution >= 0.6 is 0 Å². The Balaban J connectivity index is 3.59. The minimum absolute atomic E-state index is 0.106. The van der Waals surface area contributed by atoms with Gasteiger partial charge in [0.2, 0.25) is 0 Å². The van der Waals surface area contributed by atoms with Crippen molar-refractivity contribution in [2.24, 2.45) is 5.92 Å². The Morgan fingerprint density at radius 2 is 1.86 bits per heavy atom. The molecule has 0 rings (SSSR count). The van der Waals surface area contributed by atoms with E-state index in [0.717, 1.165) is 6.42 Å². The molecule has 14 heavy (non-hydrogen) atoms. The Hall–Kier alpha value is -0.0800. The van der Waals surface area contributed by atoms with Crippen LogP contribution in [0.3, 0.4) is 0 Å². The van der Waals surface area contributed by atoms with Crippen LogP contribution in [0.15, 0.2) is 0 Å². The van der Waals surface area contributed by atoms with Crippen molar-refractivity contribution >= 4 is 0 Å². The monoisotopic (exact) mass is 201 g/mol. The standard InChI is InChI=1S/C12H27NO/c1-6-7-10(2)8-11(14)9-13-12(3,4)5/h10-11,13-14H,6-9H2,1-5H3. The van der Waals surface area contributed by atoms with E-state index in [9.17, 15) is 5.11 Å².